The number of thiocarbonyl (C=S) groups is 1. The highest BCUT2D eigenvalue weighted by Gasteiger charge is 2.35. The minimum atomic E-state index is -0.496. The van der Waals surface area contributed by atoms with E-state index in [2.05, 4.69) is 14.9 Å². The molecule has 0 aliphatic carbocycles. The zero-order chi connectivity index (χ0) is 22.3. The zero-order valence-electron chi connectivity index (χ0n) is 17.8. The maximum absolute atomic E-state index is 13.3. The van der Waals surface area contributed by atoms with Gasteiger partial charge in [-0.3, -0.25) is 24.8 Å². The van der Waals surface area contributed by atoms with Crippen LogP contribution in [0.3, 0.4) is 0 Å². The molecule has 3 aromatic rings. The van der Waals surface area contributed by atoms with Crippen molar-refractivity contribution in [3.8, 4) is 5.69 Å². The van der Waals surface area contributed by atoms with Crippen molar-refractivity contribution in [3.05, 3.63) is 82.4 Å². The molecule has 2 aromatic heterocycles. The van der Waals surface area contributed by atoms with E-state index in [1.807, 2.05) is 64.1 Å². The second-order valence-corrected chi connectivity index (χ2v) is 8.06. The molecule has 31 heavy (non-hydrogen) atoms. The minimum absolute atomic E-state index is 0.0442. The standard InChI is InChI=1S/C24H22N4O2S/c1-14-9-15(2)11-20(10-14)28-23(30)21(22(29)26-24(28)31)13-18-12-16(3)27(17(18)4)19-5-7-25-8-6-19/h5-13H,1-4H3,(H,26,29,31)/b21-13+. The van der Waals surface area contributed by atoms with Gasteiger partial charge in [-0.15, -0.1) is 0 Å². The van der Waals surface area contributed by atoms with Gasteiger partial charge >= 0.3 is 0 Å². The predicted molar refractivity (Wildman–Crippen MR) is 125 cm³/mol. The third-order valence-corrected chi connectivity index (χ3v) is 5.54. The monoisotopic (exact) mass is 430 g/mol. The summed E-state index contributed by atoms with van der Waals surface area (Å²) in [6.45, 7) is 7.85. The normalized spacial score (nSPS) is 15.5. The van der Waals surface area contributed by atoms with E-state index < -0.39 is 11.8 Å². The molecule has 7 heteroatoms. The number of carbonyl (C=O) groups is 2. The van der Waals surface area contributed by atoms with Gasteiger partial charge in [0.05, 0.1) is 5.69 Å². The number of hydrogen-bond donors (Lipinski definition) is 1. The zero-order valence-corrected chi connectivity index (χ0v) is 18.6. The average molecular weight is 431 g/mol. The number of benzene rings is 1. The fourth-order valence-electron chi connectivity index (χ4n) is 3.95. The Morgan fingerprint density at radius 3 is 2.23 bits per heavy atom. The highest BCUT2D eigenvalue weighted by atomic mass is 32.1. The summed E-state index contributed by atoms with van der Waals surface area (Å²) in [6.07, 6.45) is 5.09. The fraction of sp³-hybridized carbons (Fsp3) is 0.167. The largest absolute Gasteiger partial charge is 0.318 e. The van der Waals surface area contributed by atoms with Crippen molar-refractivity contribution in [2.24, 2.45) is 0 Å². The van der Waals surface area contributed by atoms with Crippen molar-refractivity contribution in [1.82, 2.24) is 14.9 Å². The van der Waals surface area contributed by atoms with E-state index in [0.717, 1.165) is 33.8 Å². The lowest BCUT2D eigenvalue weighted by Crippen LogP contribution is -2.54. The predicted octanol–water partition coefficient (Wildman–Crippen LogP) is 3.94. The molecule has 1 fully saturated rings. The van der Waals surface area contributed by atoms with E-state index in [0.29, 0.717) is 5.69 Å². The van der Waals surface area contributed by atoms with Crippen LogP contribution >= 0.6 is 12.2 Å². The van der Waals surface area contributed by atoms with E-state index in [1.54, 1.807) is 18.5 Å². The highest BCUT2D eigenvalue weighted by Crippen LogP contribution is 2.27. The smallest absolute Gasteiger partial charge is 0.270 e. The summed E-state index contributed by atoms with van der Waals surface area (Å²) < 4.78 is 2.06. The molecule has 1 aliphatic heterocycles. The summed E-state index contributed by atoms with van der Waals surface area (Å²) in [4.78, 5) is 31.5. The molecule has 0 unspecified atom stereocenters. The van der Waals surface area contributed by atoms with Gasteiger partial charge in [0.2, 0.25) is 0 Å². The molecule has 4 rings (SSSR count). The van der Waals surface area contributed by atoms with E-state index in [1.165, 1.54) is 4.90 Å². The summed E-state index contributed by atoms with van der Waals surface area (Å²) in [7, 11) is 0. The summed E-state index contributed by atoms with van der Waals surface area (Å²) in [6, 6.07) is 11.6. The maximum Gasteiger partial charge on any atom is 0.270 e. The fourth-order valence-corrected chi connectivity index (χ4v) is 4.23. The third kappa shape index (κ3) is 3.80. The maximum atomic E-state index is 13.3. The first kappa shape index (κ1) is 20.7. The lowest BCUT2D eigenvalue weighted by molar-refractivity contribution is -0.122. The van der Waals surface area contributed by atoms with Crippen LogP contribution < -0.4 is 10.2 Å². The van der Waals surface area contributed by atoms with E-state index in [-0.39, 0.29) is 10.7 Å². The Morgan fingerprint density at radius 2 is 1.58 bits per heavy atom. The number of aromatic nitrogens is 2. The van der Waals surface area contributed by atoms with Gasteiger partial charge in [-0.2, -0.15) is 0 Å². The summed E-state index contributed by atoms with van der Waals surface area (Å²) >= 11 is 5.32. The van der Waals surface area contributed by atoms with Crippen LogP contribution in [-0.4, -0.2) is 26.5 Å². The van der Waals surface area contributed by atoms with Crippen LogP contribution in [0.15, 0.2) is 54.4 Å². The molecule has 0 saturated carbocycles. The van der Waals surface area contributed by atoms with Crippen LogP contribution in [0.5, 0.6) is 0 Å². The molecule has 1 aromatic carbocycles. The first-order valence-corrected chi connectivity index (χ1v) is 10.3. The average Bonchev–Trinajstić information content (AvgIpc) is 2.98. The lowest BCUT2D eigenvalue weighted by atomic mass is 10.1. The number of amides is 2. The van der Waals surface area contributed by atoms with Gasteiger partial charge in [-0.25, -0.2) is 0 Å². The van der Waals surface area contributed by atoms with Gasteiger partial charge in [0.15, 0.2) is 5.11 Å². The van der Waals surface area contributed by atoms with Crippen LogP contribution in [0.1, 0.15) is 28.1 Å². The minimum Gasteiger partial charge on any atom is -0.318 e. The number of hydrogen-bond acceptors (Lipinski definition) is 4. The number of anilines is 1. The van der Waals surface area contributed by atoms with Gasteiger partial charge in [0.25, 0.3) is 11.8 Å². The molecule has 1 aliphatic rings. The quantitative estimate of drug-likeness (QED) is 0.388. The Kier molecular flexibility index (Phi) is 5.29. The number of nitrogens with zero attached hydrogens (tertiary/aromatic N) is 3. The first-order valence-electron chi connectivity index (χ1n) is 9.85. The molecule has 0 spiro atoms. The Bertz CT molecular complexity index is 1240. The van der Waals surface area contributed by atoms with Crippen LogP contribution in [0.2, 0.25) is 0 Å². The Morgan fingerprint density at radius 1 is 0.935 bits per heavy atom. The number of rotatable bonds is 3. The van der Waals surface area contributed by atoms with Crippen LogP contribution in [0.4, 0.5) is 5.69 Å². The molecule has 1 N–H and O–H groups in total. The Balaban J connectivity index is 1.78. The molecular weight excluding hydrogens is 408 g/mol. The van der Waals surface area contributed by atoms with E-state index in [4.69, 9.17) is 12.2 Å². The van der Waals surface area contributed by atoms with Crippen molar-refractivity contribution < 1.29 is 9.59 Å². The van der Waals surface area contributed by atoms with Crippen molar-refractivity contribution >= 4 is 40.9 Å². The van der Waals surface area contributed by atoms with Gasteiger partial charge in [0, 0.05) is 29.5 Å². The summed E-state index contributed by atoms with van der Waals surface area (Å²) in [5.74, 6) is -0.934. The molecule has 6 nitrogen and oxygen atoms in total. The van der Waals surface area contributed by atoms with Crippen molar-refractivity contribution in [3.63, 3.8) is 0 Å². The first-order chi connectivity index (χ1) is 14.8. The topological polar surface area (TPSA) is 67.2 Å². The third-order valence-electron chi connectivity index (χ3n) is 5.26. The second-order valence-electron chi connectivity index (χ2n) is 7.67. The molecule has 156 valence electrons. The molecule has 0 radical (unpaired) electrons. The molecule has 3 heterocycles. The molecule has 1 saturated heterocycles. The molecular formula is C24H22N4O2S. The second kappa shape index (κ2) is 7.92. The Hall–Kier alpha value is -3.58. The number of carbonyl (C=O) groups excluding carboxylic acids is 2. The SMILES string of the molecule is Cc1cc(C)cc(N2C(=O)/C(=C/c3cc(C)n(-c4ccncc4)c3C)C(=O)NC2=S)c1. The van der Waals surface area contributed by atoms with Gasteiger partial charge < -0.3 is 4.57 Å². The van der Waals surface area contributed by atoms with Gasteiger partial charge in [-0.05, 0) is 93.0 Å². The highest BCUT2D eigenvalue weighted by molar-refractivity contribution is 7.80. The van der Waals surface area contributed by atoms with E-state index >= 15 is 0 Å². The molecule has 0 atom stereocenters. The summed E-state index contributed by atoms with van der Waals surface area (Å²) in [5.41, 5.74) is 6.36. The number of pyridine rings is 1. The van der Waals surface area contributed by atoms with Gasteiger partial charge in [-0.1, -0.05) is 6.07 Å². The van der Waals surface area contributed by atoms with Gasteiger partial charge in [0.1, 0.15) is 5.57 Å². The van der Waals surface area contributed by atoms with Crippen molar-refractivity contribution in [2.45, 2.75) is 27.7 Å². The number of nitrogens with one attached hydrogen (secondary N) is 1. The molecule has 2 amide bonds. The van der Waals surface area contributed by atoms with Crippen molar-refractivity contribution in [2.75, 3.05) is 4.90 Å². The Labute approximate surface area is 186 Å². The van der Waals surface area contributed by atoms with E-state index in [9.17, 15) is 9.59 Å². The van der Waals surface area contributed by atoms with Crippen LogP contribution in [0.25, 0.3) is 11.8 Å². The summed E-state index contributed by atoms with van der Waals surface area (Å²) in [5, 5.41) is 2.74. The number of aryl methyl sites for hydroxylation is 3. The lowest BCUT2D eigenvalue weighted by Gasteiger charge is -2.29. The van der Waals surface area contributed by atoms with Crippen LogP contribution in [-0.2, 0) is 9.59 Å². The van der Waals surface area contributed by atoms with Crippen LogP contribution in [0, 0.1) is 27.7 Å². The molecule has 0 bridgehead atoms. The van der Waals surface area contributed by atoms with Crippen molar-refractivity contribution in [1.29, 1.82) is 0 Å².